The summed E-state index contributed by atoms with van der Waals surface area (Å²) in [5, 5.41) is 4.24. The lowest BCUT2D eigenvalue weighted by molar-refractivity contribution is 0.340. The molecule has 0 saturated heterocycles. The molecule has 1 aromatic carbocycles. The molecule has 0 aliphatic rings. The topological polar surface area (TPSA) is 47.3 Å². The molecule has 1 aromatic heterocycles. The van der Waals surface area contributed by atoms with E-state index in [4.69, 9.17) is 10.6 Å². The summed E-state index contributed by atoms with van der Waals surface area (Å²) in [7, 11) is 0. The molecule has 0 radical (unpaired) electrons. The molecule has 18 heavy (non-hydrogen) atoms. The zero-order valence-corrected chi connectivity index (χ0v) is 11.2. The fourth-order valence-corrected chi connectivity index (χ4v) is 2.56. The maximum Gasteiger partial charge on any atom is 0.119 e. The predicted octanol–water partition coefficient (Wildman–Crippen LogP) is 2.89. The van der Waals surface area contributed by atoms with Crippen molar-refractivity contribution < 1.29 is 4.74 Å². The van der Waals surface area contributed by atoms with E-state index >= 15 is 0 Å². The Hall–Kier alpha value is -1.36. The van der Waals surface area contributed by atoms with E-state index in [1.165, 1.54) is 11.1 Å². The number of thiophene rings is 1. The van der Waals surface area contributed by atoms with Crippen LogP contribution in [0, 0.1) is 0 Å². The first-order valence-corrected chi connectivity index (χ1v) is 6.97. The van der Waals surface area contributed by atoms with Gasteiger partial charge in [0.25, 0.3) is 0 Å². The molecule has 0 aliphatic heterocycles. The number of ether oxygens (including phenoxy) is 1. The SMILES string of the molecule is CCOc1ccc(C(Cc2ccsc2)NN)cc1. The zero-order valence-electron chi connectivity index (χ0n) is 10.4. The van der Waals surface area contributed by atoms with Crippen LogP contribution in [0.2, 0.25) is 0 Å². The number of hydrogen-bond donors (Lipinski definition) is 2. The molecule has 1 heterocycles. The summed E-state index contributed by atoms with van der Waals surface area (Å²) in [4.78, 5) is 0. The zero-order chi connectivity index (χ0) is 12.8. The number of nitrogens with one attached hydrogen (secondary N) is 1. The van der Waals surface area contributed by atoms with Crippen molar-refractivity contribution in [1.82, 2.24) is 5.43 Å². The van der Waals surface area contributed by atoms with Gasteiger partial charge in [0.2, 0.25) is 0 Å². The van der Waals surface area contributed by atoms with Crippen LogP contribution in [0.15, 0.2) is 41.1 Å². The van der Waals surface area contributed by atoms with E-state index in [2.05, 4.69) is 34.4 Å². The highest BCUT2D eigenvalue weighted by atomic mass is 32.1. The summed E-state index contributed by atoms with van der Waals surface area (Å²) in [6, 6.07) is 10.3. The first-order valence-electron chi connectivity index (χ1n) is 6.03. The average molecular weight is 262 g/mol. The van der Waals surface area contributed by atoms with Gasteiger partial charge in [0.15, 0.2) is 0 Å². The Morgan fingerprint density at radius 2 is 2.06 bits per heavy atom. The molecule has 4 heteroatoms. The smallest absolute Gasteiger partial charge is 0.119 e. The van der Waals surface area contributed by atoms with Crippen molar-refractivity contribution in [2.75, 3.05) is 6.61 Å². The van der Waals surface area contributed by atoms with Crippen LogP contribution in [0.1, 0.15) is 24.1 Å². The normalized spacial score (nSPS) is 12.3. The minimum absolute atomic E-state index is 0.135. The van der Waals surface area contributed by atoms with Crippen LogP contribution in [0.3, 0.4) is 0 Å². The van der Waals surface area contributed by atoms with Crippen molar-refractivity contribution >= 4 is 11.3 Å². The first-order chi connectivity index (χ1) is 8.83. The quantitative estimate of drug-likeness (QED) is 0.621. The van der Waals surface area contributed by atoms with Crippen LogP contribution in [-0.2, 0) is 6.42 Å². The minimum atomic E-state index is 0.135. The van der Waals surface area contributed by atoms with Gasteiger partial charge in [-0.15, -0.1) is 0 Å². The third kappa shape index (κ3) is 3.32. The Labute approximate surface area is 112 Å². The number of benzene rings is 1. The monoisotopic (exact) mass is 262 g/mol. The van der Waals surface area contributed by atoms with E-state index in [1.54, 1.807) is 11.3 Å². The molecule has 3 nitrogen and oxygen atoms in total. The minimum Gasteiger partial charge on any atom is -0.494 e. The maximum atomic E-state index is 5.64. The molecular weight excluding hydrogens is 244 g/mol. The van der Waals surface area contributed by atoms with Crippen LogP contribution < -0.4 is 16.0 Å². The number of nitrogens with two attached hydrogens (primary N) is 1. The standard InChI is InChI=1S/C14H18N2OS/c1-2-17-13-5-3-12(4-6-13)14(16-15)9-11-7-8-18-10-11/h3-8,10,14,16H,2,9,15H2,1H3. The highest BCUT2D eigenvalue weighted by Gasteiger charge is 2.10. The Morgan fingerprint density at radius 1 is 1.28 bits per heavy atom. The van der Waals surface area contributed by atoms with E-state index in [0.717, 1.165) is 12.2 Å². The van der Waals surface area contributed by atoms with Gasteiger partial charge in [-0.25, -0.2) is 0 Å². The second-order valence-electron chi connectivity index (χ2n) is 4.06. The summed E-state index contributed by atoms with van der Waals surface area (Å²) in [6.07, 6.45) is 0.897. The predicted molar refractivity (Wildman–Crippen MR) is 75.7 cm³/mol. The molecule has 1 atom stereocenters. The molecule has 0 aliphatic carbocycles. The van der Waals surface area contributed by atoms with Crippen molar-refractivity contribution in [3.63, 3.8) is 0 Å². The molecule has 2 rings (SSSR count). The highest BCUT2D eigenvalue weighted by molar-refractivity contribution is 7.07. The van der Waals surface area contributed by atoms with Crippen molar-refractivity contribution in [2.45, 2.75) is 19.4 Å². The van der Waals surface area contributed by atoms with Gasteiger partial charge in [-0.3, -0.25) is 11.3 Å². The second kappa shape index (κ2) is 6.54. The van der Waals surface area contributed by atoms with Crippen LogP contribution >= 0.6 is 11.3 Å². The molecule has 0 saturated carbocycles. The van der Waals surface area contributed by atoms with Gasteiger partial charge in [-0.05, 0) is 53.4 Å². The van der Waals surface area contributed by atoms with E-state index in [9.17, 15) is 0 Å². The third-order valence-electron chi connectivity index (χ3n) is 2.81. The van der Waals surface area contributed by atoms with Crippen LogP contribution in [0.5, 0.6) is 5.75 Å². The molecule has 2 aromatic rings. The van der Waals surface area contributed by atoms with Gasteiger partial charge in [-0.2, -0.15) is 11.3 Å². The number of rotatable bonds is 6. The van der Waals surface area contributed by atoms with E-state index in [1.807, 2.05) is 19.1 Å². The second-order valence-corrected chi connectivity index (χ2v) is 4.84. The Balaban J connectivity index is 2.07. The molecule has 0 amide bonds. The summed E-state index contributed by atoms with van der Waals surface area (Å²) >= 11 is 1.71. The van der Waals surface area contributed by atoms with Crippen LogP contribution in [0.25, 0.3) is 0 Å². The van der Waals surface area contributed by atoms with Crippen molar-refractivity contribution in [1.29, 1.82) is 0 Å². The van der Waals surface area contributed by atoms with E-state index in [-0.39, 0.29) is 6.04 Å². The van der Waals surface area contributed by atoms with Crippen LogP contribution in [0.4, 0.5) is 0 Å². The first kappa shape index (κ1) is 13.1. The van der Waals surface area contributed by atoms with Gasteiger partial charge in [-0.1, -0.05) is 12.1 Å². The molecule has 1 unspecified atom stereocenters. The largest absolute Gasteiger partial charge is 0.494 e. The van der Waals surface area contributed by atoms with E-state index in [0.29, 0.717) is 6.61 Å². The van der Waals surface area contributed by atoms with Gasteiger partial charge >= 0.3 is 0 Å². The van der Waals surface area contributed by atoms with Gasteiger partial charge in [0.05, 0.1) is 12.6 Å². The average Bonchev–Trinajstić information content (AvgIpc) is 2.90. The number of hydrazine groups is 1. The van der Waals surface area contributed by atoms with E-state index < -0.39 is 0 Å². The summed E-state index contributed by atoms with van der Waals surface area (Å²) in [5.74, 6) is 6.54. The van der Waals surface area contributed by atoms with Gasteiger partial charge < -0.3 is 4.74 Å². The molecular formula is C14H18N2OS. The Kier molecular flexibility index (Phi) is 4.75. The fourth-order valence-electron chi connectivity index (χ4n) is 1.88. The van der Waals surface area contributed by atoms with Crippen molar-refractivity contribution in [3.8, 4) is 5.75 Å². The lowest BCUT2D eigenvalue weighted by Gasteiger charge is -2.16. The third-order valence-corrected chi connectivity index (χ3v) is 3.55. The Bertz CT molecular complexity index is 453. The molecule has 0 spiro atoms. The summed E-state index contributed by atoms with van der Waals surface area (Å²) in [5.41, 5.74) is 5.35. The lowest BCUT2D eigenvalue weighted by atomic mass is 10.0. The van der Waals surface area contributed by atoms with Gasteiger partial charge in [0, 0.05) is 0 Å². The number of hydrogen-bond acceptors (Lipinski definition) is 4. The Morgan fingerprint density at radius 3 is 2.61 bits per heavy atom. The van der Waals surface area contributed by atoms with Crippen molar-refractivity contribution in [3.05, 3.63) is 52.2 Å². The highest BCUT2D eigenvalue weighted by Crippen LogP contribution is 2.21. The van der Waals surface area contributed by atoms with Gasteiger partial charge in [0.1, 0.15) is 5.75 Å². The molecule has 96 valence electrons. The molecule has 3 N–H and O–H groups in total. The fraction of sp³-hybridized carbons (Fsp3) is 0.286. The molecule has 0 fully saturated rings. The van der Waals surface area contributed by atoms with Crippen LogP contribution in [-0.4, -0.2) is 6.61 Å². The molecule has 0 bridgehead atoms. The van der Waals surface area contributed by atoms with Crippen molar-refractivity contribution in [2.24, 2.45) is 5.84 Å². The maximum absolute atomic E-state index is 5.64. The lowest BCUT2D eigenvalue weighted by Crippen LogP contribution is -2.29. The summed E-state index contributed by atoms with van der Waals surface area (Å²) < 4.78 is 5.43. The summed E-state index contributed by atoms with van der Waals surface area (Å²) in [6.45, 7) is 2.67.